The van der Waals surface area contributed by atoms with Gasteiger partial charge >= 0.3 is 11.9 Å². The highest BCUT2D eigenvalue weighted by molar-refractivity contribution is 5.91. The lowest BCUT2D eigenvalue weighted by molar-refractivity contribution is 0.0127. The molecule has 2 unspecified atom stereocenters. The molecule has 0 saturated heterocycles. The second kappa shape index (κ2) is 18.2. The third kappa shape index (κ3) is 11.9. The second-order valence-electron chi connectivity index (χ2n) is 11.2. The van der Waals surface area contributed by atoms with Crippen LogP contribution >= 0.6 is 0 Å². The molecular formula is C37H40O12. The minimum atomic E-state index is -1.11. The number of ether oxygens (including phenoxy) is 5. The summed E-state index contributed by atoms with van der Waals surface area (Å²) in [6.07, 6.45) is 0.723. The Kier molecular flexibility index (Phi) is 13.5. The molecule has 0 aliphatic heterocycles. The Hall–Kier alpha value is -5.46. The van der Waals surface area contributed by atoms with E-state index >= 15 is 0 Å². The smallest absolute Gasteiger partial charge is 0.338 e. The third-order valence-electron chi connectivity index (χ3n) is 7.02. The monoisotopic (exact) mass is 676 g/mol. The quantitative estimate of drug-likeness (QED) is 0.0685. The molecule has 0 heterocycles. The predicted molar refractivity (Wildman–Crippen MR) is 178 cm³/mol. The molecule has 260 valence electrons. The first-order valence-electron chi connectivity index (χ1n) is 15.8. The molecule has 0 radical (unpaired) electrons. The van der Waals surface area contributed by atoms with E-state index in [0.717, 1.165) is 48.6 Å². The van der Waals surface area contributed by atoms with E-state index < -0.39 is 24.1 Å². The minimum Gasteiger partial charge on any atom is -0.508 e. The fourth-order valence-electron chi connectivity index (χ4n) is 4.52. The Balaban J connectivity index is 1.17. The summed E-state index contributed by atoms with van der Waals surface area (Å²) in [6.45, 7) is 1.64. The summed E-state index contributed by atoms with van der Waals surface area (Å²) in [5.74, 6) is -0.872. The number of aromatic hydroxyl groups is 3. The SMILES string of the molecule is CCCCCOc1cc(O)cc(C(=O)OCC(O)COc2ccc(-c3ccc(OCC(O)COC(=O)c4cc(O)cc(O)c4)cc3)cc2)c1. The van der Waals surface area contributed by atoms with Crippen molar-refractivity contribution in [3.63, 3.8) is 0 Å². The fraction of sp³-hybridized carbons (Fsp3) is 0.297. The number of carbonyl (C=O) groups is 2. The van der Waals surface area contributed by atoms with Gasteiger partial charge in [0, 0.05) is 12.1 Å². The Morgan fingerprint density at radius 1 is 0.551 bits per heavy atom. The molecule has 0 aliphatic carbocycles. The Bertz CT molecular complexity index is 1630. The lowest BCUT2D eigenvalue weighted by atomic mass is 10.1. The Morgan fingerprint density at radius 2 is 1.00 bits per heavy atom. The van der Waals surface area contributed by atoms with Crippen molar-refractivity contribution in [2.75, 3.05) is 33.0 Å². The molecule has 5 N–H and O–H groups in total. The van der Waals surface area contributed by atoms with Crippen LogP contribution in [0.15, 0.2) is 84.9 Å². The number of hydrogen-bond donors (Lipinski definition) is 5. The molecule has 0 aromatic heterocycles. The van der Waals surface area contributed by atoms with Crippen molar-refractivity contribution in [2.45, 2.75) is 38.4 Å². The summed E-state index contributed by atoms with van der Waals surface area (Å²) in [5, 5.41) is 49.4. The number of esters is 2. The zero-order valence-corrected chi connectivity index (χ0v) is 27.0. The molecule has 0 bridgehead atoms. The number of phenolic OH excluding ortho intramolecular Hbond substituents is 3. The van der Waals surface area contributed by atoms with Crippen molar-refractivity contribution in [1.29, 1.82) is 0 Å². The molecule has 4 rings (SSSR count). The van der Waals surface area contributed by atoms with Gasteiger partial charge in [-0.05, 0) is 66.1 Å². The van der Waals surface area contributed by atoms with Crippen LogP contribution < -0.4 is 14.2 Å². The standard InChI is InChI=1S/C37H40O12/c1-2-3-4-13-45-35-17-27(16-30(40)19-35)37(44)49-23-32(42)21-47-34-11-7-25(8-12-34)24-5-9-33(10-6-24)46-20-31(41)22-48-36(43)26-14-28(38)18-29(39)15-26/h5-12,14-19,31-32,38-42H,2-4,13,20-23H2,1H3. The van der Waals surface area contributed by atoms with Gasteiger partial charge < -0.3 is 49.2 Å². The summed E-state index contributed by atoms with van der Waals surface area (Å²) in [6, 6.07) is 21.8. The van der Waals surface area contributed by atoms with Crippen molar-refractivity contribution in [3.05, 3.63) is 96.1 Å². The minimum absolute atomic E-state index is 0.0543. The molecule has 49 heavy (non-hydrogen) atoms. The van der Waals surface area contributed by atoms with E-state index in [-0.39, 0.29) is 54.8 Å². The average molecular weight is 677 g/mol. The zero-order valence-electron chi connectivity index (χ0n) is 27.0. The van der Waals surface area contributed by atoms with Crippen LogP contribution in [-0.2, 0) is 9.47 Å². The third-order valence-corrected chi connectivity index (χ3v) is 7.02. The predicted octanol–water partition coefficient (Wildman–Crippen LogP) is 5.23. The van der Waals surface area contributed by atoms with Gasteiger partial charge in [0.25, 0.3) is 0 Å². The molecule has 4 aromatic rings. The number of hydrogen-bond acceptors (Lipinski definition) is 12. The molecule has 0 amide bonds. The summed E-state index contributed by atoms with van der Waals surface area (Å²) in [4.78, 5) is 24.6. The Labute approximate surface area is 283 Å². The molecule has 4 aromatic carbocycles. The normalized spacial score (nSPS) is 12.1. The number of carbonyl (C=O) groups excluding carboxylic acids is 2. The number of aliphatic hydroxyl groups is 2. The average Bonchev–Trinajstić information content (AvgIpc) is 3.09. The van der Waals surface area contributed by atoms with E-state index in [1.165, 1.54) is 18.2 Å². The fourth-order valence-corrected chi connectivity index (χ4v) is 4.52. The van der Waals surface area contributed by atoms with Crippen LogP contribution in [0, 0.1) is 0 Å². The van der Waals surface area contributed by atoms with Gasteiger partial charge in [-0.25, -0.2) is 9.59 Å². The van der Waals surface area contributed by atoms with E-state index in [1.54, 1.807) is 24.3 Å². The topological polar surface area (TPSA) is 181 Å². The van der Waals surface area contributed by atoms with Crippen molar-refractivity contribution >= 4 is 11.9 Å². The molecule has 0 fully saturated rings. The van der Waals surface area contributed by atoms with Gasteiger partial charge in [0.15, 0.2) is 0 Å². The number of benzene rings is 4. The van der Waals surface area contributed by atoms with E-state index in [1.807, 2.05) is 24.3 Å². The maximum absolute atomic E-state index is 12.5. The van der Waals surface area contributed by atoms with Gasteiger partial charge in [0.05, 0.1) is 17.7 Å². The summed E-state index contributed by atoms with van der Waals surface area (Å²) < 4.78 is 27.1. The largest absolute Gasteiger partial charge is 0.508 e. The molecule has 0 saturated carbocycles. The maximum Gasteiger partial charge on any atom is 0.338 e. The molecule has 12 nitrogen and oxygen atoms in total. The number of unbranched alkanes of at least 4 members (excludes halogenated alkanes) is 2. The molecule has 0 spiro atoms. The number of phenols is 3. The van der Waals surface area contributed by atoms with E-state index in [9.17, 15) is 35.1 Å². The van der Waals surface area contributed by atoms with Crippen molar-refractivity contribution in [1.82, 2.24) is 0 Å². The Morgan fingerprint density at radius 3 is 1.47 bits per heavy atom. The van der Waals surface area contributed by atoms with Crippen LogP contribution in [0.4, 0.5) is 0 Å². The van der Waals surface area contributed by atoms with Gasteiger partial charge in [0.1, 0.15) is 73.1 Å². The molecule has 0 aliphatic rings. The van der Waals surface area contributed by atoms with Crippen LogP contribution in [-0.4, -0.2) is 82.7 Å². The lowest BCUT2D eigenvalue weighted by Crippen LogP contribution is -2.25. The van der Waals surface area contributed by atoms with Gasteiger partial charge in [-0.1, -0.05) is 44.0 Å². The maximum atomic E-state index is 12.5. The first-order valence-corrected chi connectivity index (χ1v) is 15.8. The summed E-state index contributed by atoms with van der Waals surface area (Å²) in [5.41, 5.74) is 1.83. The van der Waals surface area contributed by atoms with E-state index in [0.29, 0.717) is 23.9 Å². The van der Waals surface area contributed by atoms with E-state index in [2.05, 4.69) is 6.92 Å². The molecule has 2 atom stereocenters. The highest BCUT2D eigenvalue weighted by atomic mass is 16.6. The van der Waals surface area contributed by atoms with Crippen LogP contribution in [0.5, 0.6) is 34.5 Å². The van der Waals surface area contributed by atoms with Gasteiger partial charge in [-0.2, -0.15) is 0 Å². The first-order chi connectivity index (χ1) is 23.6. The lowest BCUT2D eigenvalue weighted by Gasteiger charge is -2.14. The van der Waals surface area contributed by atoms with Gasteiger partial charge in [-0.3, -0.25) is 0 Å². The van der Waals surface area contributed by atoms with Crippen LogP contribution in [0.3, 0.4) is 0 Å². The first kappa shape index (κ1) is 36.4. The van der Waals surface area contributed by atoms with E-state index in [4.69, 9.17) is 23.7 Å². The van der Waals surface area contributed by atoms with Gasteiger partial charge in [0.2, 0.25) is 0 Å². The summed E-state index contributed by atoms with van der Waals surface area (Å²) in [7, 11) is 0. The second-order valence-corrected chi connectivity index (χ2v) is 11.2. The zero-order chi connectivity index (χ0) is 35.2. The van der Waals surface area contributed by atoms with Crippen molar-refractivity contribution in [3.8, 4) is 45.6 Å². The highest BCUT2D eigenvalue weighted by Crippen LogP contribution is 2.26. The highest BCUT2D eigenvalue weighted by Gasteiger charge is 2.16. The molecular weight excluding hydrogens is 636 g/mol. The number of aliphatic hydroxyl groups excluding tert-OH is 2. The molecule has 12 heteroatoms. The van der Waals surface area contributed by atoms with Crippen LogP contribution in [0.1, 0.15) is 46.9 Å². The van der Waals surface area contributed by atoms with Crippen LogP contribution in [0.2, 0.25) is 0 Å². The van der Waals surface area contributed by atoms with Gasteiger partial charge in [-0.15, -0.1) is 0 Å². The van der Waals surface area contributed by atoms with Crippen molar-refractivity contribution < 1.29 is 58.8 Å². The van der Waals surface area contributed by atoms with Crippen LogP contribution in [0.25, 0.3) is 11.1 Å². The summed E-state index contributed by atoms with van der Waals surface area (Å²) >= 11 is 0. The number of rotatable bonds is 18. The van der Waals surface area contributed by atoms with Crippen molar-refractivity contribution in [2.24, 2.45) is 0 Å².